The first-order valence-corrected chi connectivity index (χ1v) is 12.2. The molecule has 0 saturated heterocycles. The maximum absolute atomic E-state index is 13.6. The molecule has 0 aliphatic carbocycles. The number of hydrazone groups is 1. The number of para-hydroxylation sites is 1. The summed E-state index contributed by atoms with van der Waals surface area (Å²) in [6.45, 7) is 3.67. The SMILES string of the molecule is Cc1cc2c(cc1C)N(c1cccc(C(F)(F)F)c1)C(=O)C2=NNc1cccc(-c2cccc(OC(=O)O)c2)c1O. The molecule has 0 unspecified atom stereocenters. The number of phenolic OH excluding ortho intramolecular Hbond substituents is 1. The van der Waals surface area contributed by atoms with Gasteiger partial charge in [0.25, 0.3) is 5.91 Å². The predicted octanol–water partition coefficient (Wildman–Crippen LogP) is 7.25. The zero-order chi connectivity index (χ0) is 29.5. The highest BCUT2D eigenvalue weighted by Gasteiger charge is 2.37. The fourth-order valence-corrected chi connectivity index (χ4v) is 4.50. The van der Waals surface area contributed by atoms with Crippen LogP contribution in [0.25, 0.3) is 11.1 Å². The quantitative estimate of drug-likeness (QED) is 0.102. The zero-order valence-electron chi connectivity index (χ0n) is 21.7. The molecule has 0 saturated carbocycles. The lowest BCUT2D eigenvalue weighted by atomic mass is 10.0. The number of carbonyl (C=O) groups excluding carboxylic acids is 1. The number of carboxylic acid groups (broad SMARTS) is 1. The van der Waals surface area contributed by atoms with E-state index in [2.05, 4.69) is 10.5 Å². The van der Waals surface area contributed by atoms with Crippen molar-refractivity contribution in [2.24, 2.45) is 5.10 Å². The molecule has 3 N–H and O–H groups in total. The Morgan fingerprint density at radius 3 is 2.37 bits per heavy atom. The standard InChI is InChI=1S/C30H22F3N3O5/c1-16-12-23-25(13-17(16)2)36(20-8-4-7-19(15-20)30(31,32)33)28(38)26(23)35-34-24-11-5-10-22(27(24)37)18-6-3-9-21(14-18)41-29(39)40/h3-15,34,37H,1-2H3,(H,39,40). The Labute approximate surface area is 231 Å². The molecule has 5 rings (SSSR count). The average molecular weight is 562 g/mol. The summed E-state index contributed by atoms with van der Waals surface area (Å²) in [6.07, 6.45) is -6.07. The van der Waals surface area contributed by atoms with Gasteiger partial charge in [-0.2, -0.15) is 18.3 Å². The van der Waals surface area contributed by atoms with Crippen LogP contribution in [0.2, 0.25) is 0 Å². The number of nitrogens with zero attached hydrogens (tertiary/aromatic N) is 2. The molecule has 1 aliphatic heterocycles. The molecule has 0 fully saturated rings. The molecule has 1 heterocycles. The number of anilines is 3. The fourth-order valence-electron chi connectivity index (χ4n) is 4.50. The average Bonchev–Trinajstić information content (AvgIpc) is 3.17. The van der Waals surface area contributed by atoms with Gasteiger partial charge in [-0.3, -0.25) is 15.1 Å². The number of rotatable bonds is 5. The zero-order valence-corrected chi connectivity index (χ0v) is 21.7. The summed E-state index contributed by atoms with van der Waals surface area (Å²) in [6, 6.07) is 18.8. The summed E-state index contributed by atoms with van der Waals surface area (Å²) in [5, 5.41) is 24.1. The molecule has 0 bridgehead atoms. The molecule has 4 aromatic rings. The van der Waals surface area contributed by atoms with Crippen molar-refractivity contribution in [1.82, 2.24) is 0 Å². The number of aryl methyl sites for hydroxylation is 2. The van der Waals surface area contributed by atoms with E-state index in [1.807, 2.05) is 13.8 Å². The van der Waals surface area contributed by atoms with Crippen LogP contribution in [0.1, 0.15) is 22.3 Å². The van der Waals surface area contributed by atoms with Crippen LogP contribution in [0.15, 0.2) is 84.0 Å². The van der Waals surface area contributed by atoms with E-state index in [1.54, 1.807) is 36.4 Å². The van der Waals surface area contributed by atoms with Crippen molar-refractivity contribution < 1.29 is 37.7 Å². The minimum atomic E-state index is -4.59. The van der Waals surface area contributed by atoms with Gasteiger partial charge in [0.05, 0.1) is 16.9 Å². The number of aromatic hydroxyl groups is 1. The van der Waals surface area contributed by atoms with E-state index in [-0.39, 0.29) is 28.6 Å². The number of hydrogen-bond acceptors (Lipinski definition) is 6. The van der Waals surface area contributed by atoms with Gasteiger partial charge in [0.15, 0.2) is 5.71 Å². The maximum Gasteiger partial charge on any atom is 0.511 e. The summed E-state index contributed by atoms with van der Waals surface area (Å²) in [7, 11) is 0. The van der Waals surface area contributed by atoms with Crippen LogP contribution in [0.5, 0.6) is 11.5 Å². The first kappa shape index (κ1) is 27.3. The van der Waals surface area contributed by atoms with Crippen LogP contribution >= 0.6 is 0 Å². The topological polar surface area (TPSA) is 111 Å². The molecular weight excluding hydrogens is 539 g/mol. The summed E-state index contributed by atoms with van der Waals surface area (Å²) < 4.78 is 45.0. The van der Waals surface area contributed by atoms with Crippen molar-refractivity contribution in [2.75, 3.05) is 10.3 Å². The van der Waals surface area contributed by atoms with Crippen molar-refractivity contribution in [3.05, 3.63) is 101 Å². The molecule has 0 spiro atoms. The Morgan fingerprint density at radius 2 is 1.63 bits per heavy atom. The largest absolute Gasteiger partial charge is 0.511 e. The number of nitrogens with one attached hydrogen (secondary N) is 1. The predicted molar refractivity (Wildman–Crippen MR) is 147 cm³/mol. The molecule has 0 radical (unpaired) electrons. The van der Waals surface area contributed by atoms with Gasteiger partial charge in [0.2, 0.25) is 0 Å². The van der Waals surface area contributed by atoms with Gasteiger partial charge >= 0.3 is 12.3 Å². The third-order valence-electron chi connectivity index (χ3n) is 6.62. The van der Waals surface area contributed by atoms with Crippen molar-refractivity contribution in [3.63, 3.8) is 0 Å². The molecule has 0 aromatic heterocycles. The first-order chi connectivity index (χ1) is 19.4. The summed E-state index contributed by atoms with van der Waals surface area (Å²) in [5.41, 5.74) is 5.21. The molecule has 11 heteroatoms. The lowest BCUT2D eigenvalue weighted by molar-refractivity contribution is -0.137. The molecule has 1 amide bonds. The number of ether oxygens (including phenoxy) is 1. The summed E-state index contributed by atoms with van der Waals surface area (Å²) in [4.78, 5) is 25.7. The van der Waals surface area contributed by atoms with Crippen LogP contribution in [0, 0.1) is 13.8 Å². The fraction of sp³-hybridized carbons (Fsp3) is 0.100. The number of fused-ring (bicyclic) bond motifs is 1. The Hall–Kier alpha value is -5.32. The minimum absolute atomic E-state index is 0.0350. The van der Waals surface area contributed by atoms with E-state index < -0.39 is 23.8 Å². The van der Waals surface area contributed by atoms with Gasteiger partial charge in [-0.25, -0.2) is 4.79 Å². The van der Waals surface area contributed by atoms with Crippen LogP contribution < -0.4 is 15.1 Å². The van der Waals surface area contributed by atoms with Crippen LogP contribution in [0.4, 0.5) is 35.0 Å². The van der Waals surface area contributed by atoms with Gasteiger partial charge in [-0.1, -0.05) is 30.3 Å². The lowest BCUT2D eigenvalue weighted by Gasteiger charge is -2.19. The first-order valence-electron chi connectivity index (χ1n) is 12.2. The second-order valence-electron chi connectivity index (χ2n) is 9.31. The number of phenols is 1. The number of hydrogen-bond donors (Lipinski definition) is 3. The van der Waals surface area contributed by atoms with Gasteiger partial charge in [0, 0.05) is 16.8 Å². The third-order valence-corrected chi connectivity index (χ3v) is 6.62. The van der Waals surface area contributed by atoms with Crippen molar-refractivity contribution >= 4 is 34.8 Å². The number of carbonyl (C=O) groups is 2. The second-order valence-corrected chi connectivity index (χ2v) is 9.31. The van der Waals surface area contributed by atoms with E-state index >= 15 is 0 Å². The van der Waals surface area contributed by atoms with E-state index in [1.165, 1.54) is 35.2 Å². The highest BCUT2D eigenvalue weighted by atomic mass is 19.4. The van der Waals surface area contributed by atoms with Gasteiger partial charge in [-0.15, -0.1) is 0 Å². The summed E-state index contributed by atoms with van der Waals surface area (Å²) >= 11 is 0. The van der Waals surface area contributed by atoms with Crippen LogP contribution in [0.3, 0.4) is 0 Å². The summed E-state index contributed by atoms with van der Waals surface area (Å²) in [5.74, 6) is -0.822. The number of alkyl halides is 3. The van der Waals surface area contributed by atoms with E-state index in [9.17, 15) is 27.9 Å². The molecule has 8 nitrogen and oxygen atoms in total. The number of amides is 1. The van der Waals surface area contributed by atoms with Crippen molar-refractivity contribution in [1.29, 1.82) is 0 Å². The van der Waals surface area contributed by atoms with Crippen LogP contribution in [-0.2, 0) is 11.0 Å². The Morgan fingerprint density at radius 1 is 0.927 bits per heavy atom. The highest BCUT2D eigenvalue weighted by molar-refractivity contribution is 6.55. The normalized spacial score (nSPS) is 13.8. The van der Waals surface area contributed by atoms with Gasteiger partial charge in [0.1, 0.15) is 11.5 Å². The Balaban J connectivity index is 1.53. The Bertz CT molecular complexity index is 1730. The molecule has 41 heavy (non-hydrogen) atoms. The van der Waals surface area contributed by atoms with E-state index in [0.29, 0.717) is 22.4 Å². The van der Waals surface area contributed by atoms with Crippen molar-refractivity contribution in [3.8, 4) is 22.6 Å². The maximum atomic E-state index is 13.6. The molecule has 208 valence electrons. The monoisotopic (exact) mass is 561 g/mol. The molecule has 1 aliphatic rings. The van der Waals surface area contributed by atoms with Crippen molar-refractivity contribution in [2.45, 2.75) is 20.0 Å². The smallest absolute Gasteiger partial charge is 0.505 e. The lowest BCUT2D eigenvalue weighted by Crippen LogP contribution is -2.26. The van der Waals surface area contributed by atoms with Gasteiger partial charge in [-0.05, 0) is 79.1 Å². The highest BCUT2D eigenvalue weighted by Crippen LogP contribution is 2.41. The molecular formula is C30H22F3N3O5. The molecule has 4 aromatic carbocycles. The minimum Gasteiger partial charge on any atom is -0.505 e. The third kappa shape index (κ3) is 5.29. The van der Waals surface area contributed by atoms with E-state index in [4.69, 9.17) is 9.84 Å². The second kappa shape index (κ2) is 10.3. The number of benzene rings is 4. The molecule has 0 atom stereocenters. The van der Waals surface area contributed by atoms with E-state index in [0.717, 1.165) is 23.3 Å². The Kier molecular flexibility index (Phi) is 6.87. The van der Waals surface area contributed by atoms with Crippen LogP contribution in [-0.4, -0.2) is 28.0 Å². The number of halogens is 3. The van der Waals surface area contributed by atoms with Gasteiger partial charge < -0.3 is 14.9 Å².